The predicted molar refractivity (Wildman–Crippen MR) is 74.2 cm³/mol. The second-order valence-electron chi connectivity index (χ2n) is 4.74. The number of hydrogen-bond donors (Lipinski definition) is 0. The van der Waals surface area contributed by atoms with E-state index in [1.807, 2.05) is 18.2 Å². The van der Waals surface area contributed by atoms with Gasteiger partial charge in [-0.15, -0.1) is 0 Å². The van der Waals surface area contributed by atoms with Crippen molar-refractivity contribution in [3.05, 3.63) is 29.3 Å². The van der Waals surface area contributed by atoms with Crippen LogP contribution in [0.5, 0.6) is 5.75 Å². The van der Waals surface area contributed by atoms with Crippen LogP contribution in [-0.4, -0.2) is 30.4 Å². The Hall–Kier alpha value is -1.35. The lowest BCUT2D eigenvalue weighted by Crippen LogP contribution is -2.30. The summed E-state index contributed by atoms with van der Waals surface area (Å²) >= 11 is 0. The molecule has 0 spiro atoms. The molecule has 1 aromatic carbocycles. The Morgan fingerprint density at radius 2 is 2.06 bits per heavy atom. The highest BCUT2D eigenvalue weighted by Crippen LogP contribution is 2.22. The fourth-order valence-electron chi connectivity index (χ4n) is 2.00. The molecule has 0 aliphatic rings. The molecule has 0 bridgehead atoms. The van der Waals surface area contributed by atoms with E-state index in [0.717, 1.165) is 30.0 Å². The fraction of sp³-hybridized carbons (Fsp3) is 0.533. The standard InChI is InChI=1S/C15H23NO2/c1-6-16(11(2)3)10-14-9-13(12(4)17)7-8-15(14)18-5/h7-9,11H,6,10H2,1-5H3. The minimum absolute atomic E-state index is 0.0894. The Labute approximate surface area is 110 Å². The molecule has 0 radical (unpaired) electrons. The number of hydrogen-bond acceptors (Lipinski definition) is 3. The molecule has 0 unspecified atom stereocenters. The smallest absolute Gasteiger partial charge is 0.159 e. The first-order chi connectivity index (χ1) is 8.49. The van der Waals surface area contributed by atoms with E-state index in [2.05, 4.69) is 25.7 Å². The van der Waals surface area contributed by atoms with Crippen molar-refractivity contribution in [2.24, 2.45) is 0 Å². The first kappa shape index (κ1) is 14.7. The number of carbonyl (C=O) groups is 1. The Morgan fingerprint density at radius 3 is 2.50 bits per heavy atom. The number of ether oxygens (including phenoxy) is 1. The van der Waals surface area contributed by atoms with Crippen LogP contribution in [0.25, 0.3) is 0 Å². The van der Waals surface area contributed by atoms with E-state index >= 15 is 0 Å². The SMILES string of the molecule is CCN(Cc1cc(C(C)=O)ccc1OC)C(C)C. The van der Waals surface area contributed by atoms with Gasteiger partial charge in [0.05, 0.1) is 7.11 Å². The molecule has 0 atom stereocenters. The van der Waals surface area contributed by atoms with Gasteiger partial charge in [-0.1, -0.05) is 6.92 Å². The molecule has 0 N–H and O–H groups in total. The summed E-state index contributed by atoms with van der Waals surface area (Å²) in [6, 6.07) is 6.10. The van der Waals surface area contributed by atoms with Gasteiger partial charge in [0.15, 0.2) is 5.78 Å². The van der Waals surface area contributed by atoms with Crippen molar-refractivity contribution in [1.29, 1.82) is 0 Å². The van der Waals surface area contributed by atoms with Gasteiger partial charge in [-0.05, 0) is 45.5 Å². The zero-order valence-electron chi connectivity index (χ0n) is 12.0. The quantitative estimate of drug-likeness (QED) is 0.725. The van der Waals surface area contributed by atoms with Gasteiger partial charge in [0, 0.05) is 23.7 Å². The average molecular weight is 249 g/mol. The summed E-state index contributed by atoms with van der Waals surface area (Å²) in [5.74, 6) is 0.936. The van der Waals surface area contributed by atoms with E-state index < -0.39 is 0 Å². The molecule has 1 aromatic rings. The van der Waals surface area contributed by atoms with Crippen molar-refractivity contribution < 1.29 is 9.53 Å². The Morgan fingerprint density at radius 1 is 1.39 bits per heavy atom. The lowest BCUT2D eigenvalue weighted by atomic mass is 10.1. The van der Waals surface area contributed by atoms with Crippen LogP contribution in [0.15, 0.2) is 18.2 Å². The zero-order chi connectivity index (χ0) is 13.7. The molecule has 3 nitrogen and oxygen atoms in total. The molecule has 0 aromatic heterocycles. The third kappa shape index (κ3) is 3.57. The molecule has 0 aliphatic carbocycles. The van der Waals surface area contributed by atoms with Crippen LogP contribution in [0.3, 0.4) is 0 Å². The number of Topliss-reactive ketones (excluding diaryl/α,β-unsaturated/α-hetero) is 1. The summed E-state index contributed by atoms with van der Waals surface area (Å²) in [6.07, 6.45) is 0. The van der Waals surface area contributed by atoms with Crippen molar-refractivity contribution in [1.82, 2.24) is 4.90 Å². The van der Waals surface area contributed by atoms with Crippen molar-refractivity contribution in [3.63, 3.8) is 0 Å². The van der Waals surface area contributed by atoms with Crippen molar-refractivity contribution in [2.75, 3.05) is 13.7 Å². The molecule has 0 saturated carbocycles. The van der Waals surface area contributed by atoms with Crippen LogP contribution in [0.2, 0.25) is 0 Å². The van der Waals surface area contributed by atoms with E-state index in [9.17, 15) is 4.79 Å². The number of benzene rings is 1. The van der Waals surface area contributed by atoms with Crippen LogP contribution in [-0.2, 0) is 6.54 Å². The monoisotopic (exact) mass is 249 g/mol. The van der Waals surface area contributed by atoms with Crippen LogP contribution >= 0.6 is 0 Å². The first-order valence-corrected chi connectivity index (χ1v) is 6.41. The maximum Gasteiger partial charge on any atom is 0.159 e. The average Bonchev–Trinajstić information content (AvgIpc) is 2.35. The molecular formula is C15H23NO2. The number of nitrogens with zero attached hydrogens (tertiary/aromatic N) is 1. The summed E-state index contributed by atoms with van der Waals surface area (Å²) in [6.45, 7) is 9.85. The Kier molecular flexibility index (Phi) is 5.35. The zero-order valence-corrected chi connectivity index (χ0v) is 12.0. The maximum atomic E-state index is 11.4. The number of methoxy groups -OCH3 is 1. The van der Waals surface area contributed by atoms with E-state index in [-0.39, 0.29) is 5.78 Å². The first-order valence-electron chi connectivity index (χ1n) is 6.41. The van der Waals surface area contributed by atoms with Gasteiger partial charge in [-0.25, -0.2) is 0 Å². The predicted octanol–water partition coefficient (Wildman–Crippen LogP) is 3.13. The van der Waals surface area contributed by atoms with Gasteiger partial charge in [0.1, 0.15) is 5.75 Å². The summed E-state index contributed by atoms with van der Waals surface area (Å²) in [7, 11) is 1.66. The number of ketones is 1. The normalized spacial score (nSPS) is 11.1. The highest BCUT2D eigenvalue weighted by atomic mass is 16.5. The van der Waals surface area contributed by atoms with E-state index in [1.165, 1.54) is 0 Å². The highest BCUT2D eigenvalue weighted by molar-refractivity contribution is 5.94. The highest BCUT2D eigenvalue weighted by Gasteiger charge is 2.13. The minimum atomic E-state index is 0.0894. The molecule has 100 valence electrons. The lowest BCUT2D eigenvalue weighted by Gasteiger charge is -2.25. The van der Waals surface area contributed by atoms with Gasteiger partial charge in [-0.2, -0.15) is 0 Å². The van der Waals surface area contributed by atoms with Crippen LogP contribution < -0.4 is 4.74 Å². The largest absolute Gasteiger partial charge is 0.496 e. The van der Waals surface area contributed by atoms with E-state index in [4.69, 9.17) is 4.74 Å². The molecule has 0 heterocycles. The van der Waals surface area contributed by atoms with Crippen molar-refractivity contribution in [2.45, 2.75) is 40.3 Å². The van der Waals surface area contributed by atoms with Gasteiger partial charge < -0.3 is 4.74 Å². The molecule has 0 fully saturated rings. The van der Waals surface area contributed by atoms with Crippen molar-refractivity contribution in [3.8, 4) is 5.75 Å². The maximum absolute atomic E-state index is 11.4. The molecule has 3 heteroatoms. The third-order valence-electron chi connectivity index (χ3n) is 3.20. The minimum Gasteiger partial charge on any atom is -0.496 e. The lowest BCUT2D eigenvalue weighted by molar-refractivity contribution is 0.101. The second kappa shape index (κ2) is 6.55. The third-order valence-corrected chi connectivity index (χ3v) is 3.20. The van der Waals surface area contributed by atoms with Gasteiger partial charge in [0.25, 0.3) is 0 Å². The second-order valence-corrected chi connectivity index (χ2v) is 4.74. The van der Waals surface area contributed by atoms with E-state index in [0.29, 0.717) is 6.04 Å². The summed E-state index contributed by atoms with van der Waals surface area (Å²) < 4.78 is 5.37. The van der Waals surface area contributed by atoms with Gasteiger partial charge in [-0.3, -0.25) is 9.69 Å². The van der Waals surface area contributed by atoms with E-state index in [1.54, 1.807) is 14.0 Å². The number of carbonyl (C=O) groups excluding carboxylic acids is 1. The van der Waals surface area contributed by atoms with Crippen molar-refractivity contribution >= 4 is 5.78 Å². The molecule has 0 saturated heterocycles. The topological polar surface area (TPSA) is 29.5 Å². The Bertz CT molecular complexity index is 413. The number of rotatable bonds is 6. The van der Waals surface area contributed by atoms with Crippen LogP contribution in [0.4, 0.5) is 0 Å². The fourth-order valence-corrected chi connectivity index (χ4v) is 2.00. The summed E-state index contributed by atoms with van der Waals surface area (Å²) in [5.41, 5.74) is 1.81. The Balaban J connectivity index is 3.04. The molecule has 1 rings (SSSR count). The van der Waals surface area contributed by atoms with Gasteiger partial charge in [0.2, 0.25) is 0 Å². The molecule has 18 heavy (non-hydrogen) atoms. The summed E-state index contributed by atoms with van der Waals surface area (Å²) in [4.78, 5) is 13.8. The molecular weight excluding hydrogens is 226 g/mol. The summed E-state index contributed by atoms with van der Waals surface area (Å²) in [5, 5.41) is 0. The molecule has 0 aliphatic heterocycles. The molecule has 0 amide bonds. The van der Waals surface area contributed by atoms with Gasteiger partial charge >= 0.3 is 0 Å². The van der Waals surface area contributed by atoms with Crippen LogP contribution in [0.1, 0.15) is 43.6 Å². The van der Waals surface area contributed by atoms with Crippen LogP contribution in [0, 0.1) is 0 Å².